The predicted octanol–water partition coefficient (Wildman–Crippen LogP) is 5.41. The van der Waals surface area contributed by atoms with Crippen molar-refractivity contribution in [2.75, 3.05) is 13.1 Å². The van der Waals surface area contributed by atoms with Crippen molar-refractivity contribution in [1.29, 1.82) is 0 Å². The van der Waals surface area contributed by atoms with E-state index >= 15 is 0 Å². The van der Waals surface area contributed by atoms with Crippen molar-refractivity contribution in [1.82, 2.24) is 35.1 Å². The van der Waals surface area contributed by atoms with E-state index in [1.807, 2.05) is 30.3 Å². The van der Waals surface area contributed by atoms with Gasteiger partial charge in [0.05, 0.1) is 24.3 Å². The monoisotopic (exact) mass is 503 g/mol. The van der Waals surface area contributed by atoms with Crippen molar-refractivity contribution in [2.45, 2.75) is 31.9 Å². The van der Waals surface area contributed by atoms with E-state index in [0.717, 1.165) is 33.3 Å². The number of piperidine rings is 1. The normalized spacial score (nSPS) is 17.9. The molecule has 1 aliphatic heterocycles. The summed E-state index contributed by atoms with van der Waals surface area (Å²) in [6.45, 7) is 1.80. The molecule has 0 bridgehead atoms. The third kappa shape index (κ3) is 4.60. The summed E-state index contributed by atoms with van der Waals surface area (Å²) in [6.07, 6.45) is 4.77. The first-order valence-electron chi connectivity index (χ1n) is 12.0. The van der Waals surface area contributed by atoms with Crippen LogP contribution in [-0.4, -0.2) is 54.1 Å². The van der Waals surface area contributed by atoms with Gasteiger partial charge in [0.1, 0.15) is 17.2 Å². The number of halogens is 3. The molecular weight excluding hydrogens is 479 g/mol. The van der Waals surface area contributed by atoms with Crippen LogP contribution < -0.4 is 0 Å². The van der Waals surface area contributed by atoms with E-state index in [-0.39, 0.29) is 18.8 Å². The molecule has 0 aliphatic carbocycles. The van der Waals surface area contributed by atoms with E-state index < -0.39 is 18.5 Å². The first kappa shape index (κ1) is 23.4. The quantitative estimate of drug-likeness (QED) is 0.347. The number of pyridine rings is 1. The Balaban J connectivity index is 1.27. The summed E-state index contributed by atoms with van der Waals surface area (Å²) in [7, 11) is 0. The molecule has 1 N–H and O–H groups in total. The molecule has 5 aromatic rings. The highest BCUT2D eigenvalue weighted by atomic mass is 19.3. The van der Waals surface area contributed by atoms with Crippen molar-refractivity contribution in [3.8, 4) is 22.5 Å². The van der Waals surface area contributed by atoms with Gasteiger partial charge in [-0.3, -0.25) is 15.0 Å². The molecule has 0 spiro atoms. The molecule has 0 saturated carbocycles. The average molecular weight is 504 g/mol. The van der Waals surface area contributed by atoms with Gasteiger partial charge < -0.3 is 0 Å². The zero-order valence-corrected chi connectivity index (χ0v) is 20.1. The summed E-state index contributed by atoms with van der Waals surface area (Å²) in [5.74, 6) is -3.31. The molecule has 6 rings (SSSR count). The fourth-order valence-corrected chi connectivity index (χ4v) is 5.04. The maximum atomic E-state index is 14.8. The minimum absolute atomic E-state index is 0.112. The number of aromatic nitrogens is 6. The molecule has 1 aliphatic rings. The average Bonchev–Trinajstić information content (AvgIpc) is 3.53. The zero-order chi connectivity index (χ0) is 25.6. The minimum atomic E-state index is -2.93. The number of aryl methyl sites for hydroxylation is 1. The van der Waals surface area contributed by atoms with Crippen molar-refractivity contribution < 1.29 is 13.2 Å². The smallest absolute Gasteiger partial charge is 0.262 e. The third-order valence-electron chi connectivity index (χ3n) is 6.89. The van der Waals surface area contributed by atoms with Crippen LogP contribution in [0.3, 0.4) is 0 Å². The van der Waals surface area contributed by atoms with Crippen LogP contribution in [0.4, 0.5) is 13.2 Å². The largest absolute Gasteiger partial charge is 0.291 e. The lowest BCUT2D eigenvalue weighted by Crippen LogP contribution is -2.47. The van der Waals surface area contributed by atoms with E-state index in [2.05, 4.69) is 25.5 Å². The first-order valence-corrected chi connectivity index (χ1v) is 12.0. The van der Waals surface area contributed by atoms with Crippen molar-refractivity contribution in [3.63, 3.8) is 0 Å². The fraction of sp³-hybridized carbons (Fsp3) is 0.259. The van der Waals surface area contributed by atoms with E-state index in [0.29, 0.717) is 17.8 Å². The fourth-order valence-electron chi connectivity index (χ4n) is 5.04. The first-order chi connectivity index (χ1) is 17.9. The Hall–Kier alpha value is -4.05. The van der Waals surface area contributed by atoms with Gasteiger partial charge in [-0.2, -0.15) is 5.10 Å². The van der Waals surface area contributed by atoms with Crippen LogP contribution in [0.15, 0.2) is 67.1 Å². The number of benzene rings is 2. The lowest BCUT2D eigenvalue weighted by atomic mass is 10.00. The number of fused-ring (bicyclic) bond motifs is 1. The Bertz CT molecular complexity index is 1540. The highest BCUT2D eigenvalue weighted by Crippen LogP contribution is 2.35. The molecule has 1 saturated heterocycles. The molecule has 2 aromatic carbocycles. The van der Waals surface area contributed by atoms with Crippen LogP contribution in [-0.2, 0) is 6.54 Å². The molecule has 0 amide bonds. The predicted molar refractivity (Wildman–Crippen MR) is 133 cm³/mol. The number of nitrogens with zero attached hydrogens (tertiary/aromatic N) is 6. The molecule has 1 atom stereocenters. The van der Waals surface area contributed by atoms with Crippen LogP contribution in [0.25, 0.3) is 33.4 Å². The van der Waals surface area contributed by atoms with Crippen LogP contribution in [0.2, 0.25) is 0 Å². The maximum absolute atomic E-state index is 14.8. The topological polar surface area (TPSA) is 75.5 Å². The number of likely N-dealkylation sites (tertiary alicyclic amines) is 1. The number of rotatable bonds is 5. The van der Waals surface area contributed by atoms with Crippen LogP contribution in [0.1, 0.15) is 23.6 Å². The lowest BCUT2D eigenvalue weighted by molar-refractivity contribution is -0.0856. The summed E-state index contributed by atoms with van der Waals surface area (Å²) < 4.78 is 45.4. The number of H-pyrrole nitrogens is 1. The Morgan fingerprint density at radius 2 is 1.92 bits per heavy atom. The summed E-state index contributed by atoms with van der Waals surface area (Å²) in [4.78, 5) is 5.66. The van der Waals surface area contributed by atoms with Crippen molar-refractivity contribution >= 4 is 10.9 Å². The highest BCUT2D eigenvalue weighted by Gasteiger charge is 2.41. The van der Waals surface area contributed by atoms with E-state index in [1.54, 1.807) is 42.5 Å². The molecule has 10 heteroatoms. The Labute approximate surface area is 211 Å². The van der Waals surface area contributed by atoms with Crippen molar-refractivity contribution in [2.24, 2.45) is 0 Å². The second kappa shape index (κ2) is 9.11. The standard InChI is InChI=1S/C27H24F3N7/c1-17-3-2-4-23(28)22(17)14-36-13-20(12-27(29,30)16-36)37-15-25(33-35-37)19-5-6-24-21(11-19)26(34-32-24)18-7-9-31-10-8-18/h2-11,15,20H,12-14,16H2,1H3,(H,32,34). The van der Waals surface area contributed by atoms with E-state index in [1.165, 1.54) is 10.7 Å². The molecule has 4 heterocycles. The molecule has 1 unspecified atom stereocenters. The van der Waals surface area contributed by atoms with Gasteiger partial charge in [0.15, 0.2) is 0 Å². The van der Waals surface area contributed by atoms with Gasteiger partial charge in [0.2, 0.25) is 0 Å². The second-order valence-electron chi connectivity index (χ2n) is 9.57. The molecular formula is C27H24F3N7. The van der Waals surface area contributed by atoms with E-state index in [9.17, 15) is 13.2 Å². The van der Waals surface area contributed by atoms with E-state index in [4.69, 9.17) is 0 Å². The van der Waals surface area contributed by atoms with Gasteiger partial charge in [0, 0.05) is 54.0 Å². The Kier molecular flexibility index (Phi) is 5.75. The lowest BCUT2D eigenvalue weighted by Gasteiger charge is -2.37. The van der Waals surface area contributed by atoms with Crippen LogP contribution in [0, 0.1) is 12.7 Å². The molecule has 3 aromatic heterocycles. The Morgan fingerprint density at radius 1 is 1.08 bits per heavy atom. The molecule has 7 nitrogen and oxygen atoms in total. The third-order valence-corrected chi connectivity index (χ3v) is 6.89. The molecule has 37 heavy (non-hydrogen) atoms. The number of alkyl halides is 2. The molecule has 0 radical (unpaired) electrons. The van der Waals surface area contributed by atoms with Gasteiger partial charge in [-0.05, 0) is 42.8 Å². The van der Waals surface area contributed by atoms with Gasteiger partial charge in [-0.25, -0.2) is 17.9 Å². The number of hydrogen-bond acceptors (Lipinski definition) is 5. The molecule has 1 fully saturated rings. The summed E-state index contributed by atoms with van der Waals surface area (Å²) in [6, 6.07) is 13.7. The highest BCUT2D eigenvalue weighted by molar-refractivity contribution is 5.95. The van der Waals surface area contributed by atoms with Crippen molar-refractivity contribution in [3.05, 3.63) is 84.1 Å². The maximum Gasteiger partial charge on any atom is 0.262 e. The van der Waals surface area contributed by atoms with Gasteiger partial charge >= 0.3 is 0 Å². The van der Waals surface area contributed by atoms with Gasteiger partial charge in [-0.15, -0.1) is 5.10 Å². The number of nitrogens with one attached hydrogen (secondary N) is 1. The second-order valence-corrected chi connectivity index (χ2v) is 9.57. The SMILES string of the molecule is Cc1cccc(F)c1CN1CC(n2cc(-c3ccc4[nH]nc(-c5ccncc5)c4c3)nn2)CC(F)(F)C1. The van der Waals surface area contributed by atoms with Gasteiger partial charge in [-0.1, -0.05) is 23.4 Å². The van der Waals surface area contributed by atoms with Gasteiger partial charge in [0.25, 0.3) is 5.92 Å². The number of aromatic amines is 1. The van der Waals surface area contributed by atoms with Crippen LogP contribution in [0.5, 0.6) is 0 Å². The summed E-state index contributed by atoms with van der Waals surface area (Å²) in [5, 5.41) is 16.9. The number of hydrogen-bond donors (Lipinski definition) is 1. The summed E-state index contributed by atoms with van der Waals surface area (Å²) in [5.41, 5.74) is 5.15. The molecule has 188 valence electrons. The van der Waals surface area contributed by atoms with Crippen LogP contribution >= 0.6 is 0 Å². The zero-order valence-electron chi connectivity index (χ0n) is 20.1. The summed E-state index contributed by atoms with van der Waals surface area (Å²) >= 11 is 0. The minimum Gasteiger partial charge on any atom is -0.291 e. The Morgan fingerprint density at radius 3 is 2.73 bits per heavy atom.